The minimum Gasteiger partial charge on any atom is -0.346 e. The zero-order valence-electron chi connectivity index (χ0n) is 11.5. The van der Waals surface area contributed by atoms with Gasteiger partial charge in [-0.15, -0.1) is 0 Å². The van der Waals surface area contributed by atoms with Crippen LogP contribution in [0.5, 0.6) is 0 Å². The highest BCUT2D eigenvalue weighted by Crippen LogP contribution is 2.05. The van der Waals surface area contributed by atoms with Gasteiger partial charge in [-0.25, -0.2) is 0 Å². The molecule has 0 saturated heterocycles. The molecule has 0 bridgehead atoms. The first-order valence-electron chi connectivity index (χ1n) is 6.31. The number of H-pyrrole nitrogens is 1. The summed E-state index contributed by atoms with van der Waals surface area (Å²) in [6.07, 6.45) is 0.808. The van der Waals surface area contributed by atoms with Gasteiger partial charge in [-0.05, 0) is 12.3 Å². The van der Waals surface area contributed by atoms with Crippen molar-refractivity contribution in [2.24, 2.45) is 11.7 Å². The number of anilines is 1. The van der Waals surface area contributed by atoms with Crippen molar-refractivity contribution in [3.63, 3.8) is 0 Å². The summed E-state index contributed by atoms with van der Waals surface area (Å²) in [7, 11) is 0. The molecule has 0 fully saturated rings. The van der Waals surface area contributed by atoms with Gasteiger partial charge in [0.25, 0.3) is 0 Å². The third-order valence-corrected chi connectivity index (χ3v) is 2.72. The quantitative estimate of drug-likeness (QED) is 0.581. The third-order valence-electron chi connectivity index (χ3n) is 2.72. The van der Waals surface area contributed by atoms with Crippen LogP contribution in [0.4, 0.5) is 5.82 Å². The van der Waals surface area contributed by atoms with Crippen LogP contribution >= 0.6 is 0 Å². The largest absolute Gasteiger partial charge is 0.346 e. The van der Waals surface area contributed by atoms with Crippen LogP contribution in [-0.4, -0.2) is 34.6 Å². The van der Waals surface area contributed by atoms with Gasteiger partial charge < -0.3 is 16.4 Å². The number of nitrogens with one attached hydrogen (secondary N) is 3. The molecule has 1 rings (SSSR count). The number of carbonyl (C=O) groups excluding carboxylic acids is 2. The molecule has 0 aromatic carbocycles. The van der Waals surface area contributed by atoms with Crippen molar-refractivity contribution >= 4 is 17.6 Å². The molecule has 0 saturated carbocycles. The van der Waals surface area contributed by atoms with Crippen LogP contribution in [0, 0.1) is 5.92 Å². The number of hydrogen-bond donors (Lipinski definition) is 4. The van der Waals surface area contributed by atoms with E-state index < -0.39 is 6.04 Å². The number of nitrogens with zero attached hydrogens (tertiary/aromatic N) is 1. The van der Waals surface area contributed by atoms with Crippen LogP contribution in [0.3, 0.4) is 0 Å². The van der Waals surface area contributed by atoms with E-state index in [-0.39, 0.29) is 24.3 Å². The summed E-state index contributed by atoms with van der Waals surface area (Å²) < 4.78 is 0. The molecule has 1 heterocycles. The Bertz CT molecular complexity index is 441. The van der Waals surface area contributed by atoms with Gasteiger partial charge in [-0.2, -0.15) is 5.10 Å². The molecule has 7 nitrogen and oxygen atoms in total. The second-order valence-electron chi connectivity index (χ2n) is 4.67. The van der Waals surface area contributed by atoms with E-state index in [0.717, 1.165) is 12.1 Å². The molecule has 2 amide bonds. The normalized spacial score (nSPS) is 12.3. The Morgan fingerprint density at radius 3 is 2.68 bits per heavy atom. The molecule has 19 heavy (non-hydrogen) atoms. The van der Waals surface area contributed by atoms with Crippen LogP contribution in [0.2, 0.25) is 0 Å². The van der Waals surface area contributed by atoms with E-state index in [1.54, 1.807) is 6.07 Å². The van der Waals surface area contributed by atoms with Crippen LogP contribution in [0.15, 0.2) is 6.07 Å². The molecule has 106 valence electrons. The summed E-state index contributed by atoms with van der Waals surface area (Å²) in [6, 6.07) is 1.14. The van der Waals surface area contributed by atoms with Crippen molar-refractivity contribution in [2.45, 2.75) is 33.2 Å². The fourth-order valence-corrected chi connectivity index (χ4v) is 1.38. The number of aryl methyl sites for hydroxylation is 1. The summed E-state index contributed by atoms with van der Waals surface area (Å²) in [5.41, 5.74) is 6.59. The van der Waals surface area contributed by atoms with Gasteiger partial charge >= 0.3 is 0 Å². The average Bonchev–Trinajstić information content (AvgIpc) is 2.82. The number of aromatic amines is 1. The molecule has 0 aliphatic carbocycles. The molecular weight excluding hydrogens is 246 g/mol. The summed E-state index contributed by atoms with van der Waals surface area (Å²) in [4.78, 5) is 23.1. The van der Waals surface area contributed by atoms with Gasteiger partial charge in [0, 0.05) is 11.8 Å². The topological polar surface area (TPSA) is 113 Å². The van der Waals surface area contributed by atoms with E-state index in [4.69, 9.17) is 5.73 Å². The molecule has 0 spiro atoms. The van der Waals surface area contributed by atoms with E-state index >= 15 is 0 Å². The highest BCUT2D eigenvalue weighted by Gasteiger charge is 2.17. The minimum atomic E-state index is -0.607. The number of hydrogen-bond acceptors (Lipinski definition) is 4. The van der Waals surface area contributed by atoms with Gasteiger partial charge in [0.2, 0.25) is 11.8 Å². The van der Waals surface area contributed by atoms with Gasteiger partial charge in [0.15, 0.2) is 5.82 Å². The van der Waals surface area contributed by atoms with E-state index in [1.807, 2.05) is 20.8 Å². The van der Waals surface area contributed by atoms with Gasteiger partial charge in [0.05, 0.1) is 12.6 Å². The van der Waals surface area contributed by atoms with Crippen molar-refractivity contribution in [1.82, 2.24) is 15.5 Å². The van der Waals surface area contributed by atoms with Crippen molar-refractivity contribution < 1.29 is 9.59 Å². The number of nitrogens with two attached hydrogens (primary N) is 1. The number of aromatic nitrogens is 2. The lowest BCUT2D eigenvalue weighted by molar-refractivity contribution is -0.125. The second-order valence-corrected chi connectivity index (χ2v) is 4.67. The molecule has 5 N–H and O–H groups in total. The standard InChI is InChI=1S/C12H21N5O2/c1-4-8-5-9(17-16-8)15-10(18)6-14-12(19)11(13)7(2)3/h5,7,11H,4,6,13H2,1-3H3,(H,14,19)(H2,15,16,17,18)/t11-/m0/s1. The molecule has 0 radical (unpaired) electrons. The second kappa shape index (κ2) is 6.89. The van der Waals surface area contributed by atoms with E-state index in [2.05, 4.69) is 20.8 Å². The van der Waals surface area contributed by atoms with Crippen molar-refractivity contribution in [2.75, 3.05) is 11.9 Å². The Morgan fingerprint density at radius 1 is 1.47 bits per heavy atom. The molecule has 1 aromatic rings. The van der Waals surface area contributed by atoms with Crippen molar-refractivity contribution in [1.29, 1.82) is 0 Å². The van der Waals surface area contributed by atoms with Crippen LogP contribution in [-0.2, 0) is 16.0 Å². The smallest absolute Gasteiger partial charge is 0.244 e. The third kappa shape index (κ3) is 4.70. The maximum Gasteiger partial charge on any atom is 0.244 e. The first-order valence-corrected chi connectivity index (χ1v) is 6.31. The zero-order chi connectivity index (χ0) is 14.4. The number of rotatable bonds is 6. The summed E-state index contributed by atoms with van der Waals surface area (Å²) in [6.45, 7) is 5.56. The first kappa shape index (κ1) is 15.2. The predicted molar refractivity (Wildman–Crippen MR) is 72.4 cm³/mol. The highest BCUT2D eigenvalue weighted by atomic mass is 16.2. The first-order chi connectivity index (χ1) is 8.93. The van der Waals surface area contributed by atoms with E-state index in [9.17, 15) is 9.59 Å². The Kier molecular flexibility index (Phi) is 5.50. The summed E-state index contributed by atoms with van der Waals surface area (Å²) >= 11 is 0. The molecule has 7 heteroatoms. The number of carbonyl (C=O) groups is 2. The molecule has 1 aromatic heterocycles. The monoisotopic (exact) mass is 267 g/mol. The average molecular weight is 267 g/mol. The van der Waals surface area contributed by atoms with Crippen LogP contribution in [0.25, 0.3) is 0 Å². The Balaban J connectivity index is 2.37. The lowest BCUT2D eigenvalue weighted by Crippen LogP contribution is -2.46. The molecular formula is C12H21N5O2. The number of amides is 2. The molecule has 1 atom stereocenters. The molecule has 0 unspecified atom stereocenters. The Hall–Kier alpha value is -1.89. The fraction of sp³-hybridized carbons (Fsp3) is 0.583. The Labute approximate surface area is 112 Å². The van der Waals surface area contributed by atoms with Gasteiger partial charge in [-0.3, -0.25) is 14.7 Å². The fourth-order valence-electron chi connectivity index (χ4n) is 1.38. The Morgan fingerprint density at radius 2 is 2.16 bits per heavy atom. The SMILES string of the molecule is CCc1cc(NC(=O)CNC(=O)[C@@H](N)C(C)C)n[nH]1. The van der Waals surface area contributed by atoms with Gasteiger partial charge in [-0.1, -0.05) is 20.8 Å². The maximum atomic E-state index is 11.6. The molecule has 0 aliphatic heterocycles. The van der Waals surface area contributed by atoms with Gasteiger partial charge in [0.1, 0.15) is 0 Å². The maximum absolute atomic E-state index is 11.6. The van der Waals surface area contributed by atoms with Crippen LogP contribution in [0.1, 0.15) is 26.5 Å². The minimum absolute atomic E-state index is 0.0292. The van der Waals surface area contributed by atoms with E-state index in [0.29, 0.717) is 5.82 Å². The van der Waals surface area contributed by atoms with E-state index in [1.165, 1.54) is 0 Å². The van der Waals surface area contributed by atoms with Crippen LogP contribution < -0.4 is 16.4 Å². The summed E-state index contributed by atoms with van der Waals surface area (Å²) in [5, 5.41) is 11.8. The van der Waals surface area contributed by atoms with Crippen molar-refractivity contribution in [3.05, 3.63) is 11.8 Å². The highest BCUT2D eigenvalue weighted by molar-refractivity contribution is 5.94. The zero-order valence-corrected chi connectivity index (χ0v) is 11.5. The predicted octanol–water partition coefficient (Wildman–Crippen LogP) is 0.0101. The lowest BCUT2D eigenvalue weighted by Gasteiger charge is -2.14. The summed E-state index contributed by atoms with van der Waals surface area (Å²) in [5.74, 6) is -0.189. The molecule has 0 aliphatic rings. The lowest BCUT2D eigenvalue weighted by atomic mass is 10.1. The van der Waals surface area contributed by atoms with Crippen molar-refractivity contribution in [3.8, 4) is 0 Å².